The fourth-order valence-corrected chi connectivity index (χ4v) is 1.92. The third-order valence-electron chi connectivity index (χ3n) is 2.62. The molecule has 76 valence electrons. The van der Waals surface area contributed by atoms with E-state index in [4.69, 9.17) is 0 Å². The van der Waals surface area contributed by atoms with E-state index in [1.54, 1.807) is 12.4 Å². The van der Waals surface area contributed by atoms with Gasteiger partial charge in [0.15, 0.2) is 0 Å². The van der Waals surface area contributed by atoms with Crippen molar-refractivity contribution in [3.63, 3.8) is 0 Å². The highest BCUT2D eigenvalue weighted by Gasteiger charge is 2.24. The van der Waals surface area contributed by atoms with Gasteiger partial charge in [-0.25, -0.2) is 4.98 Å². The van der Waals surface area contributed by atoms with Crippen LogP contribution in [0.1, 0.15) is 18.5 Å². The van der Waals surface area contributed by atoms with Crippen LogP contribution in [0.15, 0.2) is 12.4 Å². The molecule has 1 fully saturated rings. The van der Waals surface area contributed by atoms with Crippen LogP contribution in [0, 0.1) is 6.92 Å². The molecule has 0 aromatic carbocycles. The van der Waals surface area contributed by atoms with Crippen LogP contribution in [0.3, 0.4) is 0 Å². The topological polar surface area (TPSA) is 49.2 Å². The average molecular weight is 193 g/mol. The van der Waals surface area contributed by atoms with Crippen LogP contribution in [0.4, 0.5) is 5.82 Å². The molecule has 0 saturated carbocycles. The van der Waals surface area contributed by atoms with E-state index in [1.165, 1.54) is 0 Å². The molecule has 4 heteroatoms. The van der Waals surface area contributed by atoms with Crippen LogP contribution >= 0.6 is 0 Å². The molecule has 0 amide bonds. The van der Waals surface area contributed by atoms with Crippen LogP contribution in [-0.2, 0) is 0 Å². The van der Waals surface area contributed by atoms with Gasteiger partial charge < -0.3 is 10.0 Å². The van der Waals surface area contributed by atoms with Crippen LogP contribution in [0.25, 0.3) is 0 Å². The van der Waals surface area contributed by atoms with Gasteiger partial charge in [0.25, 0.3) is 0 Å². The number of aromatic nitrogens is 2. The molecule has 1 N–H and O–H groups in total. The highest BCUT2D eigenvalue weighted by Crippen LogP contribution is 2.22. The Bertz CT molecular complexity index is 316. The van der Waals surface area contributed by atoms with Gasteiger partial charge in [0, 0.05) is 12.7 Å². The maximum Gasteiger partial charge on any atom is 0.147 e. The SMILES string of the molecule is Cc1cncc(N2CCC[C@H]2CO)n1. The first kappa shape index (κ1) is 9.40. The molecule has 1 aliphatic heterocycles. The van der Waals surface area contributed by atoms with Crippen LogP contribution in [0.5, 0.6) is 0 Å². The Balaban J connectivity index is 2.21. The number of hydrogen-bond acceptors (Lipinski definition) is 4. The van der Waals surface area contributed by atoms with Gasteiger partial charge >= 0.3 is 0 Å². The molecule has 4 nitrogen and oxygen atoms in total. The van der Waals surface area contributed by atoms with Gasteiger partial charge in [-0.2, -0.15) is 0 Å². The van der Waals surface area contributed by atoms with Crippen LogP contribution in [0.2, 0.25) is 0 Å². The van der Waals surface area contributed by atoms with E-state index in [-0.39, 0.29) is 12.6 Å². The minimum atomic E-state index is 0.204. The van der Waals surface area contributed by atoms with Gasteiger partial charge in [0.2, 0.25) is 0 Å². The van der Waals surface area contributed by atoms with Crippen LogP contribution in [-0.4, -0.2) is 34.3 Å². The summed E-state index contributed by atoms with van der Waals surface area (Å²) in [6.07, 6.45) is 5.68. The third-order valence-corrected chi connectivity index (χ3v) is 2.62. The summed E-state index contributed by atoms with van der Waals surface area (Å²) in [6, 6.07) is 0.228. The molecule has 14 heavy (non-hydrogen) atoms. The number of nitrogens with zero attached hydrogens (tertiary/aromatic N) is 3. The first-order valence-electron chi connectivity index (χ1n) is 4.97. The fraction of sp³-hybridized carbons (Fsp3) is 0.600. The van der Waals surface area contributed by atoms with Gasteiger partial charge in [-0.05, 0) is 19.8 Å². The second-order valence-electron chi connectivity index (χ2n) is 3.69. The number of rotatable bonds is 2. The summed E-state index contributed by atoms with van der Waals surface area (Å²) in [4.78, 5) is 10.7. The Kier molecular flexibility index (Phi) is 2.63. The second kappa shape index (κ2) is 3.92. The summed E-state index contributed by atoms with van der Waals surface area (Å²) in [5, 5.41) is 9.18. The van der Waals surface area contributed by atoms with E-state index in [2.05, 4.69) is 14.9 Å². The lowest BCUT2D eigenvalue weighted by atomic mass is 10.2. The molecule has 1 aromatic heterocycles. The van der Waals surface area contributed by atoms with Crippen molar-refractivity contribution in [2.45, 2.75) is 25.8 Å². The van der Waals surface area contributed by atoms with Crippen molar-refractivity contribution in [1.82, 2.24) is 9.97 Å². The summed E-state index contributed by atoms with van der Waals surface area (Å²) in [6.45, 7) is 3.11. The van der Waals surface area contributed by atoms with Gasteiger partial charge in [0.05, 0.1) is 24.5 Å². The van der Waals surface area contributed by atoms with E-state index in [1.807, 2.05) is 6.92 Å². The number of anilines is 1. The molecule has 2 rings (SSSR count). The quantitative estimate of drug-likeness (QED) is 0.753. The first-order valence-corrected chi connectivity index (χ1v) is 4.97. The molecule has 1 aromatic rings. The summed E-state index contributed by atoms with van der Waals surface area (Å²) in [5.41, 5.74) is 0.922. The molecule has 0 aliphatic carbocycles. The maximum absolute atomic E-state index is 9.18. The summed E-state index contributed by atoms with van der Waals surface area (Å²) in [7, 11) is 0. The van der Waals surface area contributed by atoms with Crippen LogP contribution < -0.4 is 4.90 Å². The number of aryl methyl sites for hydroxylation is 1. The minimum absolute atomic E-state index is 0.204. The van der Waals surface area contributed by atoms with Crippen molar-refractivity contribution in [3.05, 3.63) is 18.1 Å². The second-order valence-corrected chi connectivity index (χ2v) is 3.69. The van der Waals surface area contributed by atoms with E-state index >= 15 is 0 Å². The highest BCUT2D eigenvalue weighted by atomic mass is 16.3. The minimum Gasteiger partial charge on any atom is -0.394 e. The van der Waals surface area contributed by atoms with Gasteiger partial charge in [-0.15, -0.1) is 0 Å². The highest BCUT2D eigenvalue weighted by molar-refractivity contribution is 5.39. The van der Waals surface area contributed by atoms with E-state index in [0.29, 0.717) is 0 Å². The van der Waals surface area contributed by atoms with Crippen molar-refractivity contribution < 1.29 is 5.11 Å². The van der Waals surface area contributed by atoms with Crippen molar-refractivity contribution in [3.8, 4) is 0 Å². The third kappa shape index (κ3) is 1.70. The predicted octanol–water partition coefficient (Wildman–Crippen LogP) is 0.746. The number of aliphatic hydroxyl groups is 1. The molecule has 2 heterocycles. The smallest absolute Gasteiger partial charge is 0.147 e. The summed E-state index contributed by atoms with van der Waals surface area (Å²) >= 11 is 0. The van der Waals surface area contributed by atoms with Crippen molar-refractivity contribution in [2.75, 3.05) is 18.1 Å². The molecule has 0 unspecified atom stereocenters. The first-order chi connectivity index (χ1) is 6.81. The van der Waals surface area contributed by atoms with Gasteiger partial charge in [-0.1, -0.05) is 0 Å². The zero-order valence-corrected chi connectivity index (χ0v) is 8.35. The molecular formula is C10H15N3O. The lowest BCUT2D eigenvalue weighted by Crippen LogP contribution is -2.32. The molecule has 0 bridgehead atoms. The molecule has 0 radical (unpaired) electrons. The molecular weight excluding hydrogens is 178 g/mol. The molecule has 0 spiro atoms. The predicted molar refractivity (Wildman–Crippen MR) is 54.2 cm³/mol. The van der Waals surface area contributed by atoms with Crippen molar-refractivity contribution in [2.24, 2.45) is 0 Å². The largest absolute Gasteiger partial charge is 0.394 e. The molecule has 1 aliphatic rings. The summed E-state index contributed by atoms with van der Waals surface area (Å²) < 4.78 is 0. The van der Waals surface area contributed by atoms with Crippen molar-refractivity contribution >= 4 is 5.82 Å². The zero-order valence-electron chi connectivity index (χ0n) is 8.35. The fourth-order valence-electron chi connectivity index (χ4n) is 1.92. The maximum atomic E-state index is 9.18. The lowest BCUT2D eigenvalue weighted by molar-refractivity contribution is 0.266. The van der Waals surface area contributed by atoms with E-state index in [0.717, 1.165) is 30.9 Å². The normalized spacial score (nSPS) is 21.6. The van der Waals surface area contributed by atoms with Gasteiger partial charge in [0.1, 0.15) is 5.82 Å². The number of hydrogen-bond donors (Lipinski definition) is 1. The molecule has 1 saturated heterocycles. The Hall–Kier alpha value is -1.16. The van der Waals surface area contributed by atoms with E-state index < -0.39 is 0 Å². The Morgan fingerprint density at radius 2 is 2.43 bits per heavy atom. The van der Waals surface area contributed by atoms with Gasteiger partial charge in [-0.3, -0.25) is 4.98 Å². The summed E-state index contributed by atoms with van der Waals surface area (Å²) in [5.74, 6) is 0.890. The number of aliphatic hydroxyl groups excluding tert-OH is 1. The lowest BCUT2D eigenvalue weighted by Gasteiger charge is -2.23. The Labute approximate surface area is 83.6 Å². The Morgan fingerprint density at radius 1 is 1.57 bits per heavy atom. The zero-order chi connectivity index (χ0) is 9.97. The van der Waals surface area contributed by atoms with Crippen molar-refractivity contribution in [1.29, 1.82) is 0 Å². The van der Waals surface area contributed by atoms with E-state index in [9.17, 15) is 5.11 Å². The average Bonchev–Trinajstić information content (AvgIpc) is 2.65. The Morgan fingerprint density at radius 3 is 3.14 bits per heavy atom. The molecule has 1 atom stereocenters. The monoisotopic (exact) mass is 193 g/mol. The standard InChI is InChI=1S/C10H15N3O/c1-8-5-11-6-10(12-8)13-4-2-3-9(13)7-14/h5-6,9,14H,2-4,7H2,1H3/t9-/m0/s1.